The van der Waals surface area contributed by atoms with Crippen LogP contribution >= 0.6 is 0 Å². The summed E-state index contributed by atoms with van der Waals surface area (Å²) in [5.41, 5.74) is 2.90. The van der Waals surface area contributed by atoms with Crippen molar-refractivity contribution < 1.29 is 19.1 Å². The second-order valence-corrected chi connectivity index (χ2v) is 7.95. The molecule has 0 unspecified atom stereocenters. The second kappa shape index (κ2) is 7.89. The Morgan fingerprint density at radius 1 is 1.10 bits per heavy atom. The summed E-state index contributed by atoms with van der Waals surface area (Å²) < 4.78 is 5.03. The molecule has 0 bridgehead atoms. The van der Waals surface area contributed by atoms with Crippen molar-refractivity contribution >= 4 is 17.8 Å². The lowest BCUT2D eigenvalue weighted by molar-refractivity contribution is -0.147. The van der Waals surface area contributed by atoms with E-state index in [9.17, 15) is 14.4 Å². The fourth-order valence-corrected chi connectivity index (χ4v) is 4.70. The van der Waals surface area contributed by atoms with Gasteiger partial charge in [-0.2, -0.15) is 0 Å². The molecule has 2 saturated heterocycles. The molecule has 3 atom stereocenters. The molecule has 30 heavy (non-hydrogen) atoms. The van der Waals surface area contributed by atoms with E-state index in [2.05, 4.69) is 4.98 Å². The Bertz CT molecular complexity index is 991. The van der Waals surface area contributed by atoms with Crippen LogP contribution in [0.4, 0.5) is 0 Å². The van der Waals surface area contributed by atoms with Gasteiger partial charge < -0.3 is 14.5 Å². The predicted molar refractivity (Wildman–Crippen MR) is 110 cm³/mol. The highest BCUT2D eigenvalue weighted by atomic mass is 16.5. The van der Waals surface area contributed by atoms with Crippen molar-refractivity contribution in [1.82, 2.24) is 14.8 Å². The first-order chi connectivity index (χ1) is 14.4. The summed E-state index contributed by atoms with van der Waals surface area (Å²) in [4.78, 5) is 46.5. The zero-order valence-electron chi connectivity index (χ0n) is 17.4. The summed E-state index contributed by atoms with van der Waals surface area (Å²) in [5, 5.41) is 0. The predicted octanol–water partition coefficient (Wildman–Crippen LogP) is 2.29. The average Bonchev–Trinajstić information content (AvgIpc) is 3.13. The van der Waals surface area contributed by atoms with Crippen LogP contribution in [0.15, 0.2) is 42.5 Å². The van der Waals surface area contributed by atoms with E-state index in [4.69, 9.17) is 4.74 Å². The number of hydrogen-bond donors (Lipinski definition) is 0. The van der Waals surface area contributed by atoms with Crippen molar-refractivity contribution in [2.24, 2.45) is 5.92 Å². The summed E-state index contributed by atoms with van der Waals surface area (Å²) in [6.07, 6.45) is 0.465. The number of aromatic nitrogens is 1. The zero-order chi connectivity index (χ0) is 21.4. The molecule has 2 fully saturated rings. The molecule has 3 heterocycles. The Kier molecular flexibility index (Phi) is 5.28. The Morgan fingerprint density at radius 2 is 1.83 bits per heavy atom. The Labute approximate surface area is 175 Å². The largest absolute Gasteiger partial charge is 0.469 e. The molecule has 156 valence electrons. The smallest absolute Gasteiger partial charge is 0.311 e. The molecule has 0 N–H and O–H groups in total. The highest BCUT2D eigenvalue weighted by molar-refractivity contribution is 5.98. The van der Waals surface area contributed by atoms with E-state index in [1.165, 1.54) is 7.11 Å². The average molecular weight is 407 g/mol. The molecule has 0 aliphatic carbocycles. The molecule has 7 heteroatoms. The maximum Gasteiger partial charge on any atom is 0.311 e. The number of pyridine rings is 1. The number of methoxy groups -OCH3 is 1. The number of carbonyl (C=O) groups is 3. The number of hydrogen-bond acceptors (Lipinski definition) is 5. The number of nitrogens with zero attached hydrogens (tertiary/aromatic N) is 3. The van der Waals surface area contributed by atoms with Gasteiger partial charge in [-0.05, 0) is 38.0 Å². The molecule has 0 saturated carbocycles. The van der Waals surface area contributed by atoms with Gasteiger partial charge in [-0.3, -0.25) is 19.4 Å². The van der Waals surface area contributed by atoms with E-state index < -0.39 is 5.92 Å². The van der Waals surface area contributed by atoms with E-state index in [0.717, 1.165) is 11.3 Å². The minimum Gasteiger partial charge on any atom is -0.469 e. The summed E-state index contributed by atoms with van der Waals surface area (Å²) in [5.74, 6) is -1.14. The molecule has 2 aliphatic rings. The normalized spacial score (nSPS) is 23.3. The van der Waals surface area contributed by atoms with Gasteiger partial charge in [0.05, 0.1) is 36.4 Å². The summed E-state index contributed by atoms with van der Waals surface area (Å²) in [6, 6.07) is 12.5. The van der Waals surface area contributed by atoms with Gasteiger partial charge in [0.15, 0.2) is 0 Å². The molecule has 4 rings (SSSR count). The fraction of sp³-hybridized carbons (Fsp3) is 0.391. The minimum absolute atomic E-state index is 0.0140. The SMILES string of the molecule is COC(=O)[C@H]1C[C@H]2CN(C(=O)c3ccc(C)nc3C)CC(=O)N2[C@H]1c1ccccc1. The quantitative estimate of drug-likeness (QED) is 0.730. The van der Waals surface area contributed by atoms with Gasteiger partial charge in [0, 0.05) is 12.2 Å². The van der Waals surface area contributed by atoms with E-state index >= 15 is 0 Å². The van der Waals surface area contributed by atoms with E-state index in [1.807, 2.05) is 37.3 Å². The van der Waals surface area contributed by atoms with Crippen molar-refractivity contribution in [3.63, 3.8) is 0 Å². The first-order valence-electron chi connectivity index (χ1n) is 10.1. The monoisotopic (exact) mass is 407 g/mol. The molecule has 1 aromatic heterocycles. The van der Waals surface area contributed by atoms with Crippen LogP contribution in [0.2, 0.25) is 0 Å². The van der Waals surface area contributed by atoms with Gasteiger partial charge >= 0.3 is 5.97 Å². The summed E-state index contributed by atoms with van der Waals surface area (Å²) in [6.45, 7) is 4.04. The van der Waals surface area contributed by atoms with Gasteiger partial charge in [-0.1, -0.05) is 30.3 Å². The Hall–Kier alpha value is -3.22. The lowest BCUT2D eigenvalue weighted by atomic mass is 9.93. The summed E-state index contributed by atoms with van der Waals surface area (Å²) >= 11 is 0. The standard InChI is InChI=1S/C23H25N3O4/c1-14-9-10-18(15(2)24-14)22(28)25-12-17-11-19(23(29)30-3)21(26(17)20(27)13-25)16-7-5-4-6-8-16/h4-10,17,19,21H,11-13H2,1-3H3/t17-,19-,21-/m0/s1. The number of benzene rings is 1. The van der Waals surface area contributed by atoms with E-state index in [1.54, 1.807) is 28.9 Å². The van der Waals surface area contributed by atoms with Crippen molar-refractivity contribution in [2.45, 2.75) is 32.4 Å². The maximum absolute atomic E-state index is 13.2. The highest BCUT2D eigenvalue weighted by Crippen LogP contribution is 2.43. The lowest BCUT2D eigenvalue weighted by Crippen LogP contribution is -2.56. The highest BCUT2D eigenvalue weighted by Gasteiger charge is 2.51. The number of aryl methyl sites for hydroxylation is 2. The third-order valence-electron chi connectivity index (χ3n) is 6.03. The number of rotatable bonds is 3. The number of piperazine rings is 1. The summed E-state index contributed by atoms with van der Waals surface area (Å²) in [7, 11) is 1.37. The third-order valence-corrected chi connectivity index (χ3v) is 6.03. The number of esters is 1. The van der Waals surface area contributed by atoms with Crippen molar-refractivity contribution in [3.8, 4) is 0 Å². The molecular formula is C23H25N3O4. The first-order valence-corrected chi connectivity index (χ1v) is 10.1. The third kappa shape index (κ3) is 3.44. The van der Waals surface area contributed by atoms with Crippen LogP contribution in [0.25, 0.3) is 0 Å². The van der Waals surface area contributed by atoms with Gasteiger partial charge in [0.25, 0.3) is 5.91 Å². The molecular weight excluding hydrogens is 382 g/mol. The maximum atomic E-state index is 13.2. The molecule has 2 aromatic rings. The number of ether oxygens (including phenoxy) is 1. The van der Waals surface area contributed by atoms with Crippen molar-refractivity contribution in [3.05, 3.63) is 65.0 Å². The number of fused-ring (bicyclic) bond motifs is 1. The molecule has 0 radical (unpaired) electrons. The first kappa shape index (κ1) is 20.1. The Balaban J connectivity index is 1.63. The van der Waals surface area contributed by atoms with E-state index in [-0.39, 0.29) is 36.4 Å². The lowest BCUT2D eigenvalue weighted by Gasteiger charge is -2.40. The number of amides is 2. The number of carbonyl (C=O) groups excluding carboxylic acids is 3. The molecule has 7 nitrogen and oxygen atoms in total. The van der Waals surface area contributed by atoms with Crippen LogP contribution in [0, 0.1) is 19.8 Å². The van der Waals surface area contributed by atoms with Crippen molar-refractivity contribution in [1.29, 1.82) is 0 Å². The second-order valence-electron chi connectivity index (χ2n) is 7.95. The van der Waals surface area contributed by atoms with Crippen LogP contribution in [-0.4, -0.2) is 58.8 Å². The van der Waals surface area contributed by atoms with E-state index in [0.29, 0.717) is 24.2 Å². The van der Waals surface area contributed by atoms with Gasteiger partial charge in [-0.25, -0.2) is 0 Å². The molecule has 1 aromatic carbocycles. The van der Waals surface area contributed by atoms with Crippen molar-refractivity contribution in [2.75, 3.05) is 20.2 Å². The minimum atomic E-state index is -0.454. The fourth-order valence-electron chi connectivity index (χ4n) is 4.70. The Morgan fingerprint density at radius 3 is 2.50 bits per heavy atom. The van der Waals surface area contributed by atoms with Gasteiger partial charge in [0.1, 0.15) is 6.54 Å². The van der Waals surface area contributed by atoms with Crippen LogP contribution < -0.4 is 0 Å². The topological polar surface area (TPSA) is 79.8 Å². The zero-order valence-corrected chi connectivity index (χ0v) is 17.4. The molecule has 0 spiro atoms. The molecule has 2 amide bonds. The molecule has 2 aliphatic heterocycles. The van der Waals surface area contributed by atoms with Gasteiger partial charge in [-0.15, -0.1) is 0 Å². The van der Waals surface area contributed by atoms with Crippen LogP contribution in [0.1, 0.15) is 39.8 Å². The van der Waals surface area contributed by atoms with Crippen LogP contribution in [0.5, 0.6) is 0 Å². The van der Waals surface area contributed by atoms with Crippen LogP contribution in [-0.2, 0) is 14.3 Å². The van der Waals surface area contributed by atoms with Gasteiger partial charge in [0.2, 0.25) is 5.91 Å². The van der Waals surface area contributed by atoms with Crippen LogP contribution in [0.3, 0.4) is 0 Å².